The first kappa shape index (κ1) is 13.8. The second kappa shape index (κ2) is 6.10. The third-order valence-corrected chi connectivity index (χ3v) is 3.69. The molecular weight excluding hydrogens is 266 g/mol. The van der Waals surface area contributed by atoms with Crippen molar-refractivity contribution in [1.82, 2.24) is 15.6 Å². The van der Waals surface area contributed by atoms with Gasteiger partial charge in [-0.1, -0.05) is 17.7 Å². The maximum atomic E-state index is 11.1. The molecule has 5 heteroatoms. The summed E-state index contributed by atoms with van der Waals surface area (Å²) >= 11 is 0. The summed E-state index contributed by atoms with van der Waals surface area (Å²) in [6.07, 6.45) is 3.14. The van der Waals surface area contributed by atoms with Gasteiger partial charge in [-0.2, -0.15) is 0 Å². The van der Waals surface area contributed by atoms with Crippen molar-refractivity contribution >= 4 is 5.91 Å². The average molecular weight is 285 g/mol. The van der Waals surface area contributed by atoms with Crippen LogP contribution < -0.4 is 10.6 Å². The molecule has 1 amide bonds. The maximum absolute atomic E-state index is 11.1. The first-order valence-corrected chi connectivity index (χ1v) is 7.22. The van der Waals surface area contributed by atoms with E-state index in [1.165, 1.54) is 5.56 Å². The molecule has 2 N–H and O–H groups in total. The fourth-order valence-electron chi connectivity index (χ4n) is 2.37. The molecule has 1 atom stereocenters. The van der Waals surface area contributed by atoms with E-state index in [0.717, 1.165) is 17.7 Å². The van der Waals surface area contributed by atoms with E-state index in [0.29, 0.717) is 31.4 Å². The largest absolute Gasteiger partial charge is 0.444 e. The Labute approximate surface area is 123 Å². The summed E-state index contributed by atoms with van der Waals surface area (Å²) < 4.78 is 5.53. The standard InChI is InChI=1S/C16H19N3O2/c1-11-2-4-12(5-3-11)16-19-14(10-21-16)9-17-13-6-7-15(20)18-8-13/h2-5,10,13,17H,6-9H2,1H3,(H,18,20)/t13-/m0/s1. The van der Waals surface area contributed by atoms with Gasteiger partial charge < -0.3 is 15.1 Å². The molecule has 0 radical (unpaired) electrons. The molecule has 1 aromatic heterocycles. The lowest BCUT2D eigenvalue weighted by atomic mass is 10.1. The molecule has 21 heavy (non-hydrogen) atoms. The normalized spacial score (nSPS) is 18.5. The van der Waals surface area contributed by atoms with Gasteiger partial charge in [0.2, 0.25) is 11.8 Å². The average Bonchev–Trinajstić information content (AvgIpc) is 2.96. The van der Waals surface area contributed by atoms with Crippen LogP contribution in [0.1, 0.15) is 24.1 Å². The van der Waals surface area contributed by atoms with Crippen molar-refractivity contribution in [1.29, 1.82) is 0 Å². The number of aryl methyl sites for hydroxylation is 1. The Bertz CT molecular complexity index is 609. The second-order valence-corrected chi connectivity index (χ2v) is 5.43. The SMILES string of the molecule is Cc1ccc(-c2nc(CN[C@H]3CCC(=O)NC3)co2)cc1. The zero-order valence-corrected chi connectivity index (χ0v) is 12.1. The van der Waals surface area contributed by atoms with Gasteiger partial charge in [-0.15, -0.1) is 0 Å². The van der Waals surface area contributed by atoms with Crippen molar-refractivity contribution in [3.05, 3.63) is 41.8 Å². The number of oxazole rings is 1. The molecular formula is C16H19N3O2. The van der Waals surface area contributed by atoms with Crippen LogP contribution >= 0.6 is 0 Å². The smallest absolute Gasteiger partial charge is 0.226 e. The molecule has 1 aromatic carbocycles. The van der Waals surface area contributed by atoms with Gasteiger partial charge in [-0.05, 0) is 25.5 Å². The maximum Gasteiger partial charge on any atom is 0.226 e. The minimum atomic E-state index is 0.135. The number of nitrogens with zero attached hydrogens (tertiary/aromatic N) is 1. The molecule has 3 rings (SSSR count). The van der Waals surface area contributed by atoms with Crippen molar-refractivity contribution < 1.29 is 9.21 Å². The van der Waals surface area contributed by atoms with Crippen molar-refractivity contribution in [2.24, 2.45) is 0 Å². The fourth-order valence-corrected chi connectivity index (χ4v) is 2.37. The Hall–Kier alpha value is -2.14. The van der Waals surface area contributed by atoms with Crippen molar-refractivity contribution in [2.45, 2.75) is 32.4 Å². The highest BCUT2D eigenvalue weighted by Gasteiger charge is 2.17. The van der Waals surface area contributed by atoms with Crippen molar-refractivity contribution in [3.63, 3.8) is 0 Å². The Morgan fingerprint density at radius 3 is 2.90 bits per heavy atom. The predicted molar refractivity (Wildman–Crippen MR) is 79.5 cm³/mol. The zero-order chi connectivity index (χ0) is 14.7. The summed E-state index contributed by atoms with van der Waals surface area (Å²) in [7, 11) is 0. The van der Waals surface area contributed by atoms with E-state index in [9.17, 15) is 4.79 Å². The zero-order valence-electron chi connectivity index (χ0n) is 12.1. The number of rotatable bonds is 4. The van der Waals surface area contributed by atoms with Crippen LogP contribution in [0, 0.1) is 6.92 Å². The number of carbonyl (C=O) groups excluding carboxylic acids is 1. The topological polar surface area (TPSA) is 67.2 Å². The van der Waals surface area contributed by atoms with E-state index in [2.05, 4.69) is 22.5 Å². The van der Waals surface area contributed by atoms with Gasteiger partial charge in [-0.3, -0.25) is 4.79 Å². The summed E-state index contributed by atoms with van der Waals surface area (Å²) in [4.78, 5) is 15.6. The molecule has 0 spiro atoms. The lowest BCUT2D eigenvalue weighted by Gasteiger charge is -2.22. The van der Waals surface area contributed by atoms with Crippen LogP contribution in [-0.4, -0.2) is 23.5 Å². The van der Waals surface area contributed by atoms with Gasteiger partial charge in [0, 0.05) is 31.1 Å². The number of piperidine rings is 1. The molecule has 0 bridgehead atoms. The number of nitrogens with one attached hydrogen (secondary N) is 2. The molecule has 0 aliphatic carbocycles. The quantitative estimate of drug-likeness (QED) is 0.902. The highest BCUT2D eigenvalue weighted by Crippen LogP contribution is 2.19. The molecule has 1 saturated heterocycles. The summed E-state index contributed by atoms with van der Waals surface area (Å²) in [5, 5.41) is 6.25. The summed E-state index contributed by atoms with van der Waals surface area (Å²) in [5.41, 5.74) is 3.07. The van der Waals surface area contributed by atoms with Gasteiger partial charge in [0.25, 0.3) is 0 Å². The molecule has 0 saturated carbocycles. The Kier molecular flexibility index (Phi) is 4.01. The van der Waals surface area contributed by atoms with Crippen LogP contribution in [0.5, 0.6) is 0 Å². The van der Waals surface area contributed by atoms with Gasteiger partial charge in [0.05, 0.1) is 5.69 Å². The van der Waals surface area contributed by atoms with E-state index in [-0.39, 0.29) is 5.91 Å². The predicted octanol–water partition coefficient (Wildman–Crippen LogP) is 2.02. The first-order chi connectivity index (χ1) is 10.2. The van der Waals surface area contributed by atoms with E-state index in [4.69, 9.17) is 4.42 Å². The number of amides is 1. The molecule has 0 unspecified atom stereocenters. The molecule has 5 nitrogen and oxygen atoms in total. The minimum Gasteiger partial charge on any atom is -0.444 e. The summed E-state index contributed by atoms with van der Waals surface area (Å²) in [6, 6.07) is 8.41. The van der Waals surface area contributed by atoms with Gasteiger partial charge in [0.1, 0.15) is 6.26 Å². The van der Waals surface area contributed by atoms with Crippen LogP contribution in [0.25, 0.3) is 11.5 Å². The highest BCUT2D eigenvalue weighted by atomic mass is 16.3. The van der Waals surface area contributed by atoms with E-state index < -0.39 is 0 Å². The fraction of sp³-hybridized carbons (Fsp3) is 0.375. The lowest BCUT2D eigenvalue weighted by Crippen LogP contribution is -2.45. The number of benzene rings is 1. The number of carbonyl (C=O) groups is 1. The van der Waals surface area contributed by atoms with Crippen molar-refractivity contribution in [3.8, 4) is 11.5 Å². The Morgan fingerprint density at radius 1 is 1.38 bits per heavy atom. The van der Waals surface area contributed by atoms with Crippen LogP contribution in [0.3, 0.4) is 0 Å². The summed E-state index contributed by atoms with van der Waals surface area (Å²) in [5.74, 6) is 0.778. The van der Waals surface area contributed by atoms with Gasteiger partial charge in [-0.25, -0.2) is 4.98 Å². The van der Waals surface area contributed by atoms with E-state index in [1.807, 2.05) is 24.3 Å². The number of hydrogen-bond acceptors (Lipinski definition) is 4. The van der Waals surface area contributed by atoms with Crippen LogP contribution in [0.15, 0.2) is 34.9 Å². The van der Waals surface area contributed by atoms with E-state index >= 15 is 0 Å². The molecule has 2 aromatic rings. The number of hydrogen-bond donors (Lipinski definition) is 2. The molecule has 1 fully saturated rings. The lowest BCUT2D eigenvalue weighted by molar-refractivity contribution is -0.122. The second-order valence-electron chi connectivity index (χ2n) is 5.43. The third kappa shape index (κ3) is 3.49. The minimum absolute atomic E-state index is 0.135. The molecule has 1 aliphatic rings. The molecule has 1 aliphatic heterocycles. The molecule has 2 heterocycles. The van der Waals surface area contributed by atoms with Crippen LogP contribution in [0.2, 0.25) is 0 Å². The van der Waals surface area contributed by atoms with Crippen molar-refractivity contribution in [2.75, 3.05) is 6.54 Å². The van der Waals surface area contributed by atoms with Crippen LogP contribution in [-0.2, 0) is 11.3 Å². The van der Waals surface area contributed by atoms with Gasteiger partial charge in [0.15, 0.2) is 0 Å². The number of aromatic nitrogens is 1. The van der Waals surface area contributed by atoms with Crippen LogP contribution in [0.4, 0.5) is 0 Å². The summed E-state index contributed by atoms with van der Waals surface area (Å²) in [6.45, 7) is 3.38. The first-order valence-electron chi connectivity index (χ1n) is 7.22. The Balaban J connectivity index is 1.58. The molecule has 110 valence electrons. The Morgan fingerprint density at radius 2 is 2.19 bits per heavy atom. The highest BCUT2D eigenvalue weighted by molar-refractivity contribution is 5.76. The third-order valence-electron chi connectivity index (χ3n) is 3.69. The van der Waals surface area contributed by atoms with E-state index in [1.54, 1.807) is 6.26 Å². The monoisotopic (exact) mass is 285 g/mol. The van der Waals surface area contributed by atoms with Gasteiger partial charge >= 0.3 is 0 Å².